The summed E-state index contributed by atoms with van der Waals surface area (Å²) in [5, 5.41) is 3.55. The van der Waals surface area contributed by atoms with E-state index in [2.05, 4.69) is 10.3 Å². The van der Waals surface area contributed by atoms with Crippen LogP contribution in [0, 0.1) is 5.92 Å². The highest BCUT2D eigenvalue weighted by molar-refractivity contribution is 5.83. The molecule has 0 aliphatic carbocycles. The first-order valence-electron chi connectivity index (χ1n) is 7.02. The fraction of sp³-hybridized carbons (Fsp3) is 0.375. The zero-order chi connectivity index (χ0) is 16.3. The highest BCUT2D eigenvalue weighted by atomic mass is 16.5. The molecule has 0 saturated carbocycles. The lowest BCUT2D eigenvalue weighted by Gasteiger charge is -2.11. The van der Waals surface area contributed by atoms with Crippen molar-refractivity contribution in [2.24, 2.45) is 5.92 Å². The molecule has 1 aromatic carbocycles. The van der Waals surface area contributed by atoms with E-state index in [0.29, 0.717) is 22.6 Å². The molecule has 6 heteroatoms. The fourth-order valence-electron chi connectivity index (χ4n) is 2.10. The van der Waals surface area contributed by atoms with Crippen molar-refractivity contribution in [2.75, 3.05) is 14.2 Å². The van der Waals surface area contributed by atoms with Crippen LogP contribution in [0.15, 0.2) is 23.0 Å². The van der Waals surface area contributed by atoms with Gasteiger partial charge in [-0.05, 0) is 12.1 Å². The van der Waals surface area contributed by atoms with E-state index in [0.717, 1.165) is 5.39 Å². The summed E-state index contributed by atoms with van der Waals surface area (Å²) >= 11 is 0. The second kappa shape index (κ2) is 6.51. The smallest absolute Gasteiger partial charge is 0.253 e. The number of aromatic nitrogens is 1. The second-order valence-corrected chi connectivity index (χ2v) is 5.29. The number of amides is 1. The summed E-state index contributed by atoms with van der Waals surface area (Å²) < 4.78 is 10.5. The number of carbonyl (C=O) groups excluding carboxylic acids is 1. The van der Waals surface area contributed by atoms with Crippen LogP contribution < -0.4 is 20.3 Å². The van der Waals surface area contributed by atoms with Crippen LogP contribution in [0.5, 0.6) is 11.5 Å². The third-order valence-corrected chi connectivity index (χ3v) is 3.40. The quantitative estimate of drug-likeness (QED) is 0.883. The minimum atomic E-state index is -0.233. The van der Waals surface area contributed by atoms with E-state index in [9.17, 15) is 9.59 Å². The van der Waals surface area contributed by atoms with Gasteiger partial charge in [0, 0.05) is 29.5 Å². The third kappa shape index (κ3) is 3.21. The van der Waals surface area contributed by atoms with Crippen LogP contribution in [-0.2, 0) is 11.3 Å². The molecule has 0 spiro atoms. The molecule has 1 amide bonds. The minimum Gasteiger partial charge on any atom is -0.493 e. The Hall–Kier alpha value is -2.50. The van der Waals surface area contributed by atoms with Crippen LogP contribution in [0.3, 0.4) is 0 Å². The van der Waals surface area contributed by atoms with Gasteiger partial charge in [-0.25, -0.2) is 0 Å². The van der Waals surface area contributed by atoms with Crippen LogP contribution >= 0.6 is 0 Å². The van der Waals surface area contributed by atoms with E-state index in [1.165, 1.54) is 7.11 Å². The van der Waals surface area contributed by atoms with Gasteiger partial charge in [-0.2, -0.15) is 0 Å². The van der Waals surface area contributed by atoms with Crippen LogP contribution in [0.2, 0.25) is 0 Å². The highest BCUT2D eigenvalue weighted by Gasteiger charge is 2.11. The van der Waals surface area contributed by atoms with Crippen LogP contribution in [0.4, 0.5) is 0 Å². The molecular formula is C16H20N2O4. The lowest BCUT2D eigenvalue weighted by atomic mass is 10.1. The Morgan fingerprint density at radius 2 is 1.82 bits per heavy atom. The molecule has 0 saturated heterocycles. The number of benzene rings is 1. The number of carbonyl (C=O) groups is 1. The number of methoxy groups -OCH3 is 2. The Labute approximate surface area is 128 Å². The minimum absolute atomic E-state index is 0.0909. The lowest BCUT2D eigenvalue weighted by molar-refractivity contribution is -0.124. The van der Waals surface area contributed by atoms with Crippen molar-refractivity contribution in [1.29, 1.82) is 0 Å². The second-order valence-electron chi connectivity index (χ2n) is 5.29. The van der Waals surface area contributed by atoms with Crippen molar-refractivity contribution in [1.82, 2.24) is 10.3 Å². The normalized spacial score (nSPS) is 10.8. The van der Waals surface area contributed by atoms with Gasteiger partial charge < -0.3 is 19.8 Å². The Kier molecular flexibility index (Phi) is 4.70. The molecule has 6 nitrogen and oxygen atoms in total. The van der Waals surface area contributed by atoms with Crippen LogP contribution in [0.1, 0.15) is 19.4 Å². The summed E-state index contributed by atoms with van der Waals surface area (Å²) in [5.74, 6) is 0.918. The van der Waals surface area contributed by atoms with Gasteiger partial charge in [0.25, 0.3) is 5.56 Å². The Balaban J connectivity index is 2.39. The Morgan fingerprint density at radius 3 is 2.41 bits per heavy atom. The molecular weight excluding hydrogens is 284 g/mol. The lowest BCUT2D eigenvalue weighted by Crippen LogP contribution is -2.29. The third-order valence-electron chi connectivity index (χ3n) is 3.40. The standard InChI is InChI=1S/C16H20N2O4/c1-9(2)15(19)17-8-11-5-10-6-13(21-3)14(22-4)7-12(10)18-16(11)20/h5-7,9H,8H2,1-4H3,(H,17,19)(H,18,20). The summed E-state index contributed by atoms with van der Waals surface area (Å²) in [6, 6.07) is 5.25. The van der Waals surface area contributed by atoms with Crippen molar-refractivity contribution in [2.45, 2.75) is 20.4 Å². The average molecular weight is 304 g/mol. The number of rotatable bonds is 5. The predicted molar refractivity (Wildman–Crippen MR) is 84.4 cm³/mol. The van der Waals surface area contributed by atoms with Crippen LogP contribution in [-0.4, -0.2) is 25.1 Å². The van der Waals surface area contributed by atoms with Gasteiger partial charge in [-0.15, -0.1) is 0 Å². The SMILES string of the molecule is COc1cc2cc(CNC(=O)C(C)C)c(=O)[nH]c2cc1OC. The number of hydrogen-bond acceptors (Lipinski definition) is 4. The molecule has 1 aromatic heterocycles. The van der Waals surface area contributed by atoms with Gasteiger partial charge in [0.05, 0.1) is 19.7 Å². The van der Waals surface area contributed by atoms with Crippen molar-refractivity contribution in [3.05, 3.63) is 34.1 Å². The highest BCUT2D eigenvalue weighted by Crippen LogP contribution is 2.30. The van der Waals surface area contributed by atoms with E-state index in [1.807, 2.05) is 0 Å². The molecule has 0 aliphatic rings. The summed E-state index contributed by atoms with van der Waals surface area (Å²) in [6.45, 7) is 3.80. The monoisotopic (exact) mass is 304 g/mol. The maximum absolute atomic E-state index is 12.1. The van der Waals surface area contributed by atoms with Gasteiger partial charge >= 0.3 is 0 Å². The van der Waals surface area contributed by atoms with Crippen LogP contribution in [0.25, 0.3) is 10.9 Å². The molecule has 2 rings (SSSR count). The number of ether oxygens (including phenoxy) is 2. The van der Waals surface area contributed by atoms with Gasteiger partial charge in [-0.3, -0.25) is 9.59 Å². The van der Waals surface area contributed by atoms with Gasteiger partial charge in [0.1, 0.15) is 0 Å². The number of aromatic amines is 1. The summed E-state index contributed by atoms with van der Waals surface area (Å²) in [4.78, 5) is 26.5. The molecule has 0 fully saturated rings. The predicted octanol–water partition coefficient (Wildman–Crippen LogP) is 1.82. The molecule has 2 N–H and O–H groups in total. The zero-order valence-electron chi connectivity index (χ0n) is 13.1. The first kappa shape index (κ1) is 15.9. The molecule has 22 heavy (non-hydrogen) atoms. The average Bonchev–Trinajstić information content (AvgIpc) is 2.51. The summed E-state index contributed by atoms with van der Waals surface area (Å²) in [7, 11) is 3.09. The van der Waals surface area contributed by atoms with Gasteiger partial charge in [-0.1, -0.05) is 13.8 Å². The largest absolute Gasteiger partial charge is 0.493 e. The first-order chi connectivity index (χ1) is 10.5. The topological polar surface area (TPSA) is 80.4 Å². The number of hydrogen-bond donors (Lipinski definition) is 2. The van der Waals surface area contributed by atoms with E-state index in [1.54, 1.807) is 39.2 Å². The first-order valence-corrected chi connectivity index (χ1v) is 7.02. The Morgan fingerprint density at radius 1 is 1.18 bits per heavy atom. The number of nitrogens with one attached hydrogen (secondary N) is 2. The molecule has 2 aromatic rings. The number of fused-ring (bicyclic) bond motifs is 1. The molecule has 0 radical (unpaired) electrons. The molecule has 0 aliphatic heterocycles. The van der Waals surface area contributed by atoms with E-state index in [-0.39, 0.29) is 23.9 Å². The van der Waals surface area contributed by atoms with Gasteiger partial charge in [0.2, 0.25) is 5.91 Å². The van der Waals surface area contributed by atoms with Crippen molar-refractivity contribution < 1.29 is 14.3 Å². The van der Waals surface area contributed by atoms with E-state index < -0.39 is 0 Å². The molecule has 118 valence electrons. The van der Waals surface area contributed by atoms with Crippen molar-refractivity contribution in [3.8, 4) is 11.5 Å². The van der Waals surface area contributed by atoms with Crippen molar-refractivity contribution in [3.63, 3.8) is 0 Å². The molecule has 0 atom stereocenters. The van der Waals surface area contributed by atoms with E-state index >= 15 is 0 Å². The summed E-state index contributed by atoms with van der Waals surface area (Å²) in [5.41, 5.74) is 0.916. The number of H-pyrrole nitrogens is 1. The summed E-state index contributed by atoms with van der Waals surface area (Å²) in [6.07, 6.45) is 0. The maximum Gasteiger partial charge on any atom is 0.253 e. The molecule has 0 unspecified atom stereocenters. The van der Waals surface area contributed by atoms with Gasteiger partial charge in [0.15, 0.2) is 11.5 Å². The molecule has 1 heterocycles. The van der Waals surface area contributed by atoms with Crippen molar-refractivity contribution >= 4 is 16.8 Å². The zero-order valence-corrected chi connectivity index (χ0v) is 13.1. The molecule has 0 bridgehead atoms. The maximum atomic E-state index is 12.1. The van der Waals surface area contributed by atoms with E-state index in [4.69, 9.17) is 9.47 Å². The number of pyridine rings is 1. The Bertz CT molecular complexity index is 750. The fourth-order valence-corrected chi connectivity index (χ4v) is 2.10.